The van der Waals surface area contributed by atoms with Gasteiger partial charge in [0.2, 0.25) is 11.8 Å². The van der Waals surface area contributed by atoms with Gasteiger partial charge in [-0.2, -0.15) is 13.2 Å². The molecule has 1 heterocycles. The zero-order valence-corrected chi connectivity index (χ0v) is 13.2. The molecule has 2 rings (SSSR count). The van der Waals surface area contributed by atoms with Crippen LogP contribution < -0.4 is 5.73 Å². The van der Waals surface area contributed by atoms with Crippen molar-refractivity contribution in [3.8, 4) is 0 Å². The Kier molecular flexibility index (Phi) is 5.17. The van der Waals surface area contributed by atoms with Crippen molar-refractivity contribution in [3.05, 3.63) is 35.4 Å². The zero-order chi connectivity index (χ0) is 18.0. The minimum atomic E-state index is -4.55. The van der Waals surface area contributed by atoms with Crippen LogP contribution in [0.3, 0.4) is 0 Å². The molecule has 24 heavy (non-hydrogen) atoms. The average molecular weight is 344 g/mol. The van der Waals surface area contributed by atoms with E-state index in [1.165, 1.54) is 30.2 Å². The summed E-state index contributed by atoms with van der Waals surface area (Å²) in [5.41, 5.74) is 3.17. The van der Waals surface area contributed by atoms with Gasteiger partial charge in [0.15, 0.2) is 0 Å². The highest BCUT2D eigenvalue weighted by Crippen LogP contribution is 2.34. The van der Waals surface area contributed by atoms with Crippen LogP contribution in [-0.2, 0) is 26.9 Å². The molecule has 5 nitrogen and oxygen atoms in total. The van der Waals surface area contributed by atoms with E-state index in [2.05, 4.69) is 0 Å². The van der Waals surface area contributed by atoms with E-state index in [1.807, 2.05) is 0 Å². The van der Waals surface area contributed by atoms with Gasteiger partial charge in [-0.3, -0.25) is 9.59 Å². The number of carbonyl (C=O) groups excluding carboxylic acids is 2. The molecule has 1 unspecified atom stereocenters. The Bertz CT molecular complexity index is 633. The van der Waals surface area contributed by atoms with E-state index in [0.717, 1.165) is 6.07 Å². The van der Waals surface area contributed by atoms with Crippen LogP contribution in [0.15, 0.2) is 24.3 Å². The summed E-state index contributed by atoms with van der Waals surface area (Å²) < 4.78 is 44.2. The predicted molar refractivity (Wildman–Crippen MR) is 79.9 cm³/mol. The number of carbonyl (C=O) groups is 2. The highest BCUT2D eigenvalue weighted by atomic mass is 19.4. The molecule has 1 aliphatic rings. The highest BCUT2D eigenvalue weighted by molar-refractivity contribution is 5.92. The first-order valence-corrected chi connectivity index (χ1v) is 7.47. The maximum atomic E-state index is 13.1. The smallest absolute Gasteiger partial charge is 0.382 e. The predicted octanol–water partition coefficient (Wildman–Crippen LogP) is 1.74. The number of likely N-dealkylation sites (tertiary alicyclic amines) is 1. The minimum Gasteiger partial charge on any atom is -0.382 e. The standard InChI is InChI=1S/C16H19F3N2O3/c1-24-10-15(14(20)23)7-4-8-21(15)13(22)9-11-5-2-3-6-12(11)16(17,18)19/h2-3,5-6H,4,7-10H2,1H3,(H2,20,23). The summed E-state index contributed by atoms with van der Waals surface area (Å²) in [6, 6.07) is 4.91. The third-order valence-electron chi connectivity index (χ3n) is 4.30. The first-order chi connectivity index (χ1) is 11.2. The number of alkyl halides is 3. The van der Waals surface area contributed by atoms with E-state index in [0.29, 0.717) is 12.8 Å². The Morgan fingerprint density at radius 2 is 2.00 bits per heavy atom. The van der Waals surface area contributed by atoms with Gasteiger partial charge in [-0.15, -0.1) is 0 Å². The Morgan fingerprint density at radius 1 is 1.33 bits per heavy atom. The van der Waals surface area contributed by atoms with Gasteiger partial charge in [0.1, 0.15) is 5.54 Å². The molecule has 0 saturated carbocycles. The second kappa shape index (κ2) is 6.80. The van der Waals surface area contributed by atoms with E-state index < -0.39 is 35.5 Å². The van der Waals surface area contributed by atoms with Crippen molar-refractivity contribution in [2.45, 2.75) is 31.0 Å². The van der Waals surface area contributed by atoms with Crippen molar-refractivity contribution >= 4 is 11.8 Å². The van der Waals surface area contributed by atoms with E-state index in [1.54, 1.807) is 0 Å². The molecule has 8 heteroatoms. The van der Waals surface area contributed by atoms with E-state index in [-0.39, 0.29) is 18.7 Å². The topological polar surface area (TPSA) is 72.6 Å². The van der Waals surface area contributed by atoms with E-state index >= 15 is 0 Å². The Balaban J connectivity index is 2.29. The van der Waals surface area contributed by atoms with Crippen molar-refractivity contribution in [2.24, 2.45) is 5.73 Å². The lowest BCUT2D eigenvalue weighted by Crippen LogP contribution is -2.59. The molecule has 1 fully saturated rings. The molecule has 0 spiro atoms. The molecule has 0 radical (unpaired) electrons. The number of nitrogens with two attached hydrogens (primary N) is 1. The molecular weight excluding hydrogens is 325 g/mol. The largest absolute Gasteiger partial charge is 0.416 e. The second-order valence-corrected chi connectivity index (χ2v) is 5.81. The number of primary amides is 1. The number of amides is 2. The first kappa shape index (κ1) is 18.3. The van der Waals surface area contributed by atoms with Crippen molar-refractivity contribution in [1.82, 2.24) is 4.90 Å². The van der Waals surface area contributed by atoms with Crippen LogP contribution in [0.2, 0.25) is 0 Å². The molecule has 1 aliphatic heterocycles. The van der Waals surface area contributed by atoms with Gasteiger partial charge in [-0.05, 0) is 24.5 Å². The molecule has 1 aromatic carbocycles. The molecule has 1 aromatic rings. The summed E-state index contributed by atoms with van der Waals surface area (Å²) in [6.07, 6.45) is -4.12. The van der Waals surface area contributed by atoms with Crippen molar-refractivity contribution in [3.63, 3.8) is 0 Å². The molecule has 2 N–H and O–H groups in total. The summed E-state index contributed by atoms with van der Waals surface area (Å²) in [4.78, 5) is 25.7. The third-order valence-corrected chi connectivity index (χ3v) is 4.30. The van der Waals surface area contributed by atoms with Crippen LogP contribution in [0.1, 0.15) is 24.0 Å². The molecule has 0 aliphatic carbocycles. The lowest BCUT2D eigenvalue weighted by molar-refractivity contribution is -0.146. The van der Waals surface area contributed by atoms with Gasteiger partial charge < -0.3 is 15.4 Å². The summed E-state index contributed by atoms with van der Waals surface area (Å²) in [5, 5.41) is 0. The Hall–Kier alpha value is -2.09. The van der Waals surface area contributed by atoms with E-state index in [4.69, 9.17) is 10.5 Å². The summed E-state index contributed by atoms with van der Waals surface area (Å²) in [5.74, 6) is -1.28. The molecule has 2 amide bonds. The van der Waals surface area contributed by atoms with Crippen LogP contribution in [-0.4, -0.2) is 42.5 Å². The van der Waals surface area contributed by atoms with Crippen LogP contribution in [0.25, 0.3) is 0 Å². The lowest BCUT2D eigenvalue weighted by atomic mass is 9.95. The summed E-state index contributed by atoms with van der Waals surface area (Å²) >= 11 is 0. The Morgan fingerprint density at radius 3 is 2.58 bits per heavy atom. The van der Waals surface area contributed by atoms with Crippen molar-refractivity contribution in [1.29, 1.82) is 0 Å². The molecule has 0 bridgehead atoms. The fraction of sp³-hybridized carbons (Fsp3) is 0.500. The summed E-state index contributed by atoms with van der Waals surface area (Å²) in [7, 11) is 1.38. The maximum Gasteiger partial charge on any atom is 0.416 e. The second-order valence-electron chi connectivity index (χ2n) is 5.81. The van der Waals surface area contributed by atoms with Gasteiger partial charge in [0.25, 0.3) is 0 Å². The zero-order valence-electron chi connectivity index (χ0n) is 13.2. The fourth-order valence-corrected chi connectivity index (χ4v) is 3.17. The molecule has 132 valence electrons. The number of rotatable bonds is 5. The number of hydrogen-bond acceptors (Lipinski definition) is 3. The number of methoxy groups -OCH3 is 1. The van der Waals surface area contributed by atoms with Crippen LogP contribution in [0, 0.1) is 0 Å². The quantitative estimate of drug-likeness (QED) is 0.884. The fourth-order valence-electron chi connectivity index (χ4n) is 3.17. The monoisotopic (exact) mass is 344 g/mol. The maximum absolute atomic E-state index is 13.1. The first-order valence-electron chi connectivity index (χ1n) is 7.47. The molecule has 1 saturated heterocycles. The van der Waals surface area contributed by atoms with Crippen molar-refractivity contribution in [2.75, 3.05) is 20.3 Å². The third kappa shape index (κ3) is 3.38. The molecule has 1 atom stereocenters. The number of hydrogen-bond donors (Lipinski definition) is 1. The molecular formula is C16H19F3N2O3. The van der Waals surface area contributed by atoms with Crippen LogP contribution in [0.4, 0.5) is 13.2 Å². The number of halogens is 3. The number of ether oxygens (including phenoxy) is 1. The SMILES string of the molecule is COCC1(C(N)=O)CCCN1C(=O)Cc1ccccc1C(F)(F)F. The van der Waals surface area contributed by atoms with Crippen LogP contribution >= 0.6 is 0 Å². The van der Waals surface area contributed by atoms with E-state index in [9.17, 15) is 22.8 Å². The Labute approximate surface area is 137 Å². The van der Waals surface area contributed by atoms with Gasteiger partial charge in [-0.25, -0.2) is 0 Å². The number of nitrogens with zero attached hydrogens (tertiary/aromatic N) is 1. The summed E-state index contributed by atoms with van der Waals surface area (Å²) in [6.45, 7) is 0.189. The van der Waals surface area contributed by atoms with Gasteiger partial charge in [-0.1, -0.05) is 18.2 Å². The minimum absolute atomic E-state index is 0.0744. The van der Waals surface area contributed by atoms with Gasteiger partial charge in [0, 0.05) is 13.7 Å². The number of benzene rings is 1. The molecule has 0 aromatic heterocycles. The normalized spacial score (nSPS) is 21.1. The lowest BCUT2D eigenvalue weighted by Gasteiger charge is -2.35. The highest BCUT2D eigenvalue weighted by Gasteiger charge is 2.48. The van der Waals surface area contributed by atoms with Gasteiger partial charge in [0.05, 0.1) is 18.6 Å². The van der Waals surface area contributed by atoms with Gasteiger partial charge >= 0.3 is 6.18 Å². The van der Waals surface area contributed by atoms with Crippen LogP contribution in [0.5, 0.6) is 0 Å². The average Bonchev–Trinajstić information content (AvgIpc) is 2.92. The van der Waals surface area contributed by atoms with Crippen molar-refractivity contribution < 1.29 is 27.5 Å².